The van der Waals surface area contributed by atoms with E-state index in [2.05, 4.69) is 0 Å². The van der Waals surface area contributed by atoms with Crippen LogP contribution in [0.3, 0.4) is 0 Å². The summed E-state index contributed by atoms with van der Waals surface area (Å²) in [7, 11) is 0. The zero-order valence-corrected chi connectivity index (χ0v) is 12.2. The van der Waals surface area contributed by atoms with Gasteiger partial charge in [-0.3, -0.25) is 0 Å². The van der Waals surface area contributed by atoms with E-state index in [1.54, 1.807) is 12.1 Å². The first-order valence-electron chi connectivity index (χ1n) is 6.40. The van der Waals surface area contributed by atoms with Crippen molar-refractivity contribution in [3.63, 3.8) is 0 Å². The van der Waals surface area contributed by atoms with Crippen molar-refractivity contribution >= 4 is 11.6 Å². The highest BCUT2D eigenvalue weighted by atomic mass is 35.5. The van der Waals surface area contributed by atoms with Crippen LogP contribution < -0.4 is 10.5 Å². The number of halogens is 2. The fourth-order valence-corrected chi connectivity index (χ4v) is 2.10. The lowest BCUT2D eigenvalue weighted by Crippen LogP contribution is -2.08. The first-order chi connectivity index (χ1) is 9.47. The van der Waals surface area contributed by atoms with Crippen LogP contribution in [0.2, 0.25) is 5.02 Å². The standard InChI is InChI=1S/C16H17ClFNO/c1-10-3-6-14(11(2)19)16(7-10)20-9-12-4-5-13(17)8-15(12)18/h3-8,11H,9,19H2,1-2H3. The predicted molar refractivity (Wildman–Crippen MR) is 79.5 cm³/mol. The second kappa shape index (κ2) is 6.25. The average molecular weight is 294 g/mol. The van der Waals surface area contributed by atoms with Crippen LogP contribution >= 0.6 is 11.6 Å². The summed E-state index contributed by atoms with van der Waals surface area (Å²) >= 11 is 5.72. The van der Waals surface area contributed by atoms with Gasteiger partial charge in [0, 0.05) is 22.2 Å². The Hall–Kier alpha value is -1.58. The Morgan fingerprint density at radius 1 is 1.25 bits per heavy atom. The summed E-state index contributed by atoms with van der Waals surface area (Å²) < 4.78 is 19.4. The maximum atomic E-state index is 13.7. The molecule has 0 amide bonds. The third-order valence-electron chi connectivity index (χ3n) is 3.06. The molecule has 0 spiro atoms. The van der Waals surface area contributed by atoms with E-state index in [0.29, 0.717) is 16.3 Å². The summed E-state index contributed by atoms with van der Waals surface area (Å²) in [5, 5.41) is 0.373. The molecule has 1 unspecified atom stereocenters. The molecule has 20 heavy (non-hydrogen) atoms. The number of hydrogen-bond acceptors (Lipinski definition) is 2. The Bertz CT molecular complexity index is 613. The smallest absolute Gasteiger partial charge is 0.131 e. The van der Waals surface area contributed by atoms with Crippen LogP contribution in [0.5, 0.6) is 5.75 Å². The minimum absolute atomic E-state index is 0.138. The van der Waals surface area contributed by atoms with Crippen molar-refractivity contribution in [1.29, 1.82) is 0 Å². The highest BCUT2D eigenvalue weighted by Gasteiger charge is 2.10. The number of nitrogens with two attached hydrogens (primary N) is 1. The molecule has 2 aromatic carbocycles. The van der Waals surface area contributed by atoms with Crippen molar-refractivity contribution in [2.24, 2.45) is 5.73 Å². The van der Waals surface area contributed by atoms with Gasteiger partial charge in [0.25, 0.3) is 0 Å². The Morgan fingerprint density at radius 3 is 2.65 bits per heavy atom. The van der Waals surface area contributed by atoms with Gasteiger partial charge < -0.3 is 10.5 Å². The SMILES string of the molecule is Cc1ccc(C(C)N)c(OCc2ccc(Cl)cc2F)c1. The van der Waals surface area contributed by atoms with Gasteiger partial charge in [-0.15, -0.1) is 0 Å². The molecular weight excluding hydrogens is 277 g/mol. The van der Waals surface area contributed by atoms with Crippen molar-refractivity contribution in [2.75, 3.05) is 0 Å². The number of hydrogen-bond donors (Lipinski definition) is 1. The second-order valence-electron chi connectivity index (χ2n) is 4.85. The number of aryl methyl sites for hydroxylation is 1. The Labute approximate surface area is 123 Å². The van der Waals surface area contributed by atoms with Crippen LogP contribution in [0.1, 0.15) is 29.7 Å². The summed E-state index contributed by atoms with van der Waals surface area (Å²) in [6, 6.07) is 10.2. The summed E-state index contributed by atoms with van der Waals surface area (Å²) in [5.41, 5.74) is 8.35. The molecule has 0 aromatic heterocycles. The highest BCUT2D eigenvalue weighted by Crippen LogP contribution is 2.26. The lowest BCUT2D eigenvalue weighted by atomic mass is 10.1. The van der Waals surface area contributed by atoms with Gasteiger partial charge in [-0.05, 0) is 37.6 Å². The third-order valence-corrected chi connectivity index (χ3v) is 3.29. The van der Waals surface area contributed by atoms with E-state index in [1.807, 2.05) is 32.0 Å². The Morgan fingerprint density at radius 2 is 2.00 bits per heavy atom. The molecule has 2 rings (SSSR count). The zero-order valence-electron chi connectivity index (χ0n) is 11.5. The first kappa shape index (κ1) is 14.8. The molecular formula is C16H17ClFNO. The molecule has 0 heterocycles. The van der Waals surface area contributed by atoms with Crippen molar-refractivity contribution in [1.82, 2.24) is 0 Å². The molecule has 0 saturated carbocycles. The van der Waals surface area contributed by atoms with Crippen molar-refractivity contribution in [3.8, 4) is 5.75 Å². The van der Waals surface area contributed by atoms with Gasteiger partial charge >= 0.3 is 0 Å². The molecule has 2 nitrogen and oxygen atoms in total. The number of rotatable bonds is 4. The Balaban J connectivity index is 2.20. The third kappa shape index (κ3) is 3.50. The molecule has 1 atom stereocenters. The van der Waals surface area contributed by atoms with Crippen molar-refractivity contribution in [3.05, 3.63) is 63.9 Å². The van der Waals surface area contributed by atoms with Gasteiger partial charge in [0.1, 0.15) is 18.2 Å². The molecule has 0 saturated heterocycles. The Kier molecular flexibility index (Phi) is 4.63. The van der Waals surface area contributed by atoms with E-state index in [-0.39, 0.29) is 18.5 Å². The molecule has 2 N–H and O–H groups in total. The van der Waals surface area contributed by atoms with Crippen LogP contribution in [-0.2, 0) is 6.61 Å². The summed E-state index contributed by atoms with van der Waals surface area (Å²) in [6.45, 7) is 4.01. The van der Waals surface area contributed by atoms with Gasteiger partial charge in [0.15, 0.2) is 0 Å². The average Bonchev–Trinajstić information content (AvgIpc) is 2.37. The molecule has 106 valence electrons. The summed E-state index contributed by atoms with van der Waals surface area (Å²) in [5.74, 6) is 0.321. The van der Waals surface area contributed by atoms with Gasteiger partial charge in [-0.2, -0.15) is 0 Å². The van der Waals surface area contributed by atoms with E-state index in [4.69, 9.17) is 22.1 Å². The molecule has 4 heteroatoms. The van der Waals surface area contributed by atoms with Gasteiger partial charge in [0.2, 0.25) is 0 Å². The van der Waals surface area contributed by atoms with Crippen LogP contribution in [0.4, 0.5) is 4.39 Å². The minimum atomic E-state index is -0.368. The lowest BCUT2D eigenvalue weighted by Gasteiger charge is -2.15. The van der Waals surface area contributed by atoms with E-state index < -0.39 is 0 Å². The fourth-order valence-electron chi connectivity index (χ4n) is 1.94. The maximum absolute atomic E-state index is 13.7. The van der Waals surface area contributed by atoms with Crippen molar-refractivity contribution < 1.29 is 9.13 Å². The number of ether oxygens (including phenoxy) is 1. The van der Waals surface area contributed by atoms with Crippen LogP contribution in [-0.4, -0.2) is 0 Å². The maximum Gasteiger partial charge on any atom is 0.131 e. The summed E-state index contributed by atoms with van der Waals surface area (Å²) in [6.07, 6.45) is 0. The molecule has 0 radical (unpaired) electrons. The van der Waals surface area contributed by atoms with Gasteiger partial charge in [-0.25, -0.2) is 4.39 Å². The molecule has 0 fully saturated rings. The predicted octanol–water partition coefficient (Wildman–Crippen LogP) is 4.39. The lowest BCUT2D eigenvalue weighted by molar-refractivity contribution is 0.295. The van der Waals surface area contributed by atoms with E-state index >= 15 is 0 Å². The van der Waals surface area contributed by atoms with Crippen LogP contribution in [0.25, 0.3) is 0 Å². The number of benzene rings is 2. The molecule has 0 aliphatic rings. The van der Waals surface area contributed by atoms with E-state index in [9.17, 15) is 4.39 Å². The second-order valence-corrected chi connectivity index (χ2v) is 5.29. The molecule has 0 aliphatic carbocycles. The monoisotopic (exact) mass is 293 g/mol. The van der Waals surface area contributed by atoms with Gasteiger partial charge in [-0.1, -0.05) is 29.8 Å². The quantitative estimate of drug-likeness (QED) is 0.907. The molecule has 0 bridgehead atoms. The molecule has 2 aromatic rings. The van der Waals surface area contributed by atoms with Crippen LogP contribution in [0.15, 0.2) is 36.4 Å². The largest absolute Gasteiger partial charge is 0.488 e. The minimum Gasteiger partial charge on any atom is -0.488 e. The highest BCUT2D eigenvalue weighted by molar-refractivity contribution is 6.30. The summed E-state index contributed by atoms with van der Waals surface area (Å²) in [4.78, 5) is 0. The topological polar surface area (TPSA) is 35.2 Å². The van der Waals surface area contributed by atoms with Gasteiger partial charge in [0.05, 0.1) is 0 Å². The first-order valence-corrected chi connectivity index (χ1v) is 6.78. The van der Waals surface area contributed by atoms with E-state index in [0.717, 1.165) is 11.1 Å². The van der Waals surface area contributed by atoms with E-state index in [1.165, 1.54) is 6.07 Å². The van der Waals surface area contributed by atoms with Crippen molar-refractivity contribution in [2.45, 2.75) is 26.5 Å². The van der Waals surface area contributed by atoms with Crippen LogP contribution in [0, 0.1) is 12.7 Å². The molecule has 0 aliphatic heterocycles. The zero-order chi connectivity index (χ0) is 14.7. The fraction of sp³-hybridized carbons (Fsp3) is 0.250. The normalized spacial score (nSPS) is 12.2.